The van der Waals surface area contributed by atoms with Crippen LogP contribution in [0, 0.1) is 5.92 Å². The highest BCUT2D eigenvalue weighted by Gasteiger charge is 2.36. The molecule has 1 heterocycles. The topological polar surface area (TPSA) is 50.4 Å². The molecule has 2 aliphatic rings. The molecule has 1 amide bonds. The van der Waals surface area contributed by atoms with Gasteiger partial charge in [0.15, 0.2) is 0 Å². The summed E-state index contributed by atoms with van der Waals surface area (Å²) < 4.78 is 5.21. The zero-order valence-corrected chi connectivity index (χ0v) is 11.1. The number of nitrogens with one attached hydrogen (secondary N) is 2. The van der Waals surface area contributed by atoms with Crippen LogP contribution in [-0.2, 0) is 4.74 Å². The summed E-state index contributed by atoms with van der Waals surface area (Å²) in [5.41, 5.74) is -0.413. The molecule has 1 saturated carbocycles. The van der Waals surface area contributed by atoms with Gasteiger partial charge in [-0.2, -0.15) is 0 Å². The number of alkyl carbamates (subject to hydrolysis) is 1. The summed E-state index contributed by atoms with van der Waals surface area (Å²) in [6.07, 6.45) is 4.89. The van der Waals surface area contributed by atoms with Crippen LogP contribution >= 0.6 is 0 Å². The highest BCUT2D eigenvalue weighted by Crippen LogP contribution is 2.34. The van der Waals surface area contributed by atoms with E-state index >= 15 is 0 Å². The normalized spacial score (nSPS) is 32.3. The lowest BCUT2D eigenvalue weighted by Crippen LogP contribution is -2.41. The number of rotatable bonds is 2. The van der Waals surface area contributed by atoms with E-state index in [2.05, 4.69) is 10.6 Å². The van der Waals surface area contributed by atoms with Crippen molar-refractivity contribution in [2.75, 3.05) is 6.54 Å². The molecule has 0 unspecified atom stereocenters. The summed E-state index contributed by atoms with van der Waals surface area (Å²) in [6, 6.07) is 1.12. The van der Waals surface area contributed by atoms with Gasteiger partial charge in [-0.1, -0.05) is 6.42 Å². The minimum atomic E-state index is -0.413. The van der Waals surface area contributed by atoms with Crippen LogP contribution in [0.4, 0.5) is 4.79 Å². The average molecular weight is 240 g/mol. The van der Waals surface area contributed by atoms with Gasteiger partial charge in [-0.25, -0.2) is 4.79 Å². The van der Waals surface area contributed by atoms with E-state index in [1.165, 1.54) is 25.7 Å². The summed E-state index contributed by atoms with van der Waals surface area (Å²) in [4.78, 5) is 11.5. The Morgan fingerprint density at radius 2 is 2.18 bits per heavy atom. The Kier molecular flexibility index (Phi) is 3.61. The van der Waals surface area contributed by atoms with E-state index in [-0.39, 0.29) is 6.09 Å². The number of ether oxygens (including phenoxy) is 1. The Labute approximate surface area is 103 Å². The molecular formula is C13H24N2O2. The van der Waals surface area contributed by atoms with Crippen LogP contribution in [0.25, 0.3) is 0 Å². The monoisotopic (exact) mass is 240 g/mol. The fourth-order valence-electron chi connectivity index (χ4n) is 2.94. The molecule has 1 aliphatic heterocycles. The molecule has 0 bridgehead atoms. The summed E-state index contributed by atoms with van der Waals surface area (Å²) in [6.45, 7) is 6.32. The molecule has 2 fully saturated rings. The van der Waals surface area contributed by atoms with Crippen molar-refractivity contribution in [1.29, 1.82) is 0 Å². The van der Waals surface area contributed by atoms with E-state index in [0.29, 0.717) is 18.6 Å². The Bertz CT molecular complexity index is 274. The predicted octanol–water partition coefficient (Wildman–Crippen LogP) is 2.04. The average Bonchev–Trinajstić information content (AvgIpc) is 2.70. The standard InChI is InChI=1S/C13H24N2O2/c1-13(2,3)17-12(16)14-8-10-7-9-5-4-6-11(9)15-10/h9-11,15H,4-8H2,1-3H3,(H,14,16)/t9-,10-,11-/m0/s1. The number of hydrogen-bond acceptors (Lipinski definition) is 3. The number of hydrogen-bond donors (Lipinski definition) is 2. The molecule has 0 spiro atoms. The number of carbonyl (C=O) groups is 1. The second-order valence-electron chi connectivity index (χ2n) is 6.28. The first-order valence-electron chi connectivity index (χ1n) is 6.67. The zero-order valence-electron chi connectivity index (χ0n) is 11.1. The Morgan fingerprint density at radius 1 is 1.41 bits per heavy atom. The van der Waals surface area contributed by atoms with Gasteiger partial charge >= 0.3 is 6.09 Å². The van der Waals surface area contributed by atoms with Crippen LogP contribution in [0.2, 0.25) is 0 Å². The van der Waals surface area contributed by atoms with Crippen molar-refractivity contribution in [1.82, 2.24) is 10.6 Å². The molecule has 2 N–H and O–H groups in total. The Balaban J connectivity index is 1.68. The minimum Gasteiger partial charge on any atom is -0.444 e. The fourth-order valence-corrected chi connectivity index (χ4v) is 2.94. The highest BCUT2D eigenvalue weighted by molar-refractivity contribution is 5.67. The van der Waals surface area contributed by atoms with Gasteiger partial charge < -0.3 is 15.4 Å². The van der Waals surface area contributed by atoms with Gasteiger partial charge in [-0.15, -0.1) is 0 Å². The lowest BCUT2D eigenvalue weighted by atomic mass is 10.0. The van der Waals surface area contributed by atoms with Crippen LogP contribution in [0.5, 0.6) is 0 Å². The molecule has 1 saturated heterocycles. The van der Waals surface area contributed by atoms with Crippen LogP contribution < -0.4 is 10.6 Å². The minimum absolute atomic E-state index is 0.309. The third-order valence-electron chi connectivity index (χ3n) is 3.59. The maximum atomic E-state index is 11.5. The predicted molar refractivity (Wildman–Crippen MR) is 66.9 cm³/mol. The van der Waals surface area contributed by atoms with E-state index in [9.17, 15) is 4.79 Å². The molecule has 98 valence electrons. The van der Waals surface area contributed by atoms with Crippen molar-refractivity contribution in [3.05, 3.63) is 0 Å². The highest BCUT2D eigenvalue weighted by atomic mass is 16.6. The second-order valence-corrected chi connectivity index (χ2v) is 6.28. The molecule has 3 atom stereocenters. The smallest absolute Gasteiger partial charge is 0.407 e. The third kappa shape index (κ3) is 3.60. The second kappa shape index (κ2) is 4.84. The van der Waals surface area contributed by atoms with Gasteiger partial charge in [-0.05, 0) is 46.0 Å². The van der Waals surface area contributed by atoms with Crippen LogP contribution in [0.15, 0.2) is 0 Å². The molecule has 4 heteroatoms. The summed E-state index contributed by atoms with van der Waals surface area (Å²) >= 11 is 0. The molecule has 1 aliphatic carbocycles. The lowest BCUT2D eigenvalue weighted by Gasteiger charge is -2.21. The lowest BCUT2D eigenvalue weighted by molar-refractivity contribution is 0.0523. The molecule has 0 aromatic heterocycles. The van der Waals surface area contributed by atoms with Gasteiger partial charge in [0.1, 0.15) is 5.60 Å². The van der Waals surface area contributed by atoms with Crippen molar-refractivity contribution in [2.45, 2.75) is 64.1 Å². The Morgan fingerprint density at radius 3 is 2.82 bits per heavy atom. The van der Waals surface area contributed by atoms with Gasteiger partial charge in [0.25, 0.3) is 0 Å². The van der Waals surface area contributed by atoms with Crippen molar-refractivity contribution in [3.63, 3.8) is 0 Å². The largest absolute Gasteiger partial charge is 0.444 e. The fraction of sp³-hybridized carbons (Fsp3) is 0.923. The maximum absolute atomic E-state index is 11.5. The molecule has 17 heavy (non-hydrogen) atoms. The van der Waals surface area contributed by atoms with Crippen LogP contribution in [0.3, 0.4) is 0 Å². The van der Waals surface area contributed by atoms with E-state index < -0.39 is 5.60 Å². The molecule has 4 nitrogen and oxygen atoms in total. The Hall–Kier alpha value is -0.770. The van der Waals surface area contributed by atoms with Gasteiger partial charge in [-0.3, -0.25) is 0 Å². The van der Waals surface area contributed by atoms with E-state index in [0.717, 1.165) is 5.92 Å². The van der Waals surface area contributed by atoms with Crippen molar-refractivity contribution >= 4 is 6.09 Å². The van der Waals surface area contributed by atoms with Crippen LogP contribution in [0.1, 0.15) is 46.5 Å². The van der Waals surface area contributed by atoms with Crippen molar-refractivity contribution in [3.8, 4) is 0 Å². The van der Waals surface area contributed by atoms with Gasteiger partial charge in [0.05, 0.1) is 0 Å². The molecule has 2 rings (SSSR count). The van der Waals surface area contributed by atoms with Crippen LogP contribution in [-0.4, -0.2) is 30.3 Å². The number of amides is 1. The first-order chi connectivity index (χ1) is 7.94. The zero-order chi connectivity index (χ0) is 12.5. The summed E-state index contributed by atoms with van der Waals surface area (Å²) in [5, 5.41) is 6.45. The van der Waals surface area contributed by atoms with Crippen molar-refractivity contribution in [2.24, 2.45) is 5.92 Å². The van der Waals surface area contributed by atoms with E-state index in [1.54, 1.807) is 0 Å². The third-order valence-corrected chi connectivity index (χ3v) is 3.59. The van der Waals surface area contributed by atoms with Gasteiger partial charge in [0, 0.05) is 18.6 Å². The molecular weight excluding hydrogens is 216 g/mol. The molecule has 0 aromatic rings. The quantitative estimate of drug-likeness (QED) is 0.776. The molecule has 0 radical (unpaired) electrons. The first-order valence-corrected chi connectivity index (χ1v) is 6.67. The first kappa shape index (κ1) is 12.7. The summed E-state index contributed by atoms with van der Waals surface area (Å²) in [5.74, 6) is 0.834. The summed E-state index contributed by atoms with van der Waals surface area (Å²) in [7, 11) is 0. The van der Waals surface area contributed by atoms with E-state index in [4.69, 9.17) is 4.74 Å². The maximum Gasteiger partial charge on any atom is 0.407 e. The van der Waals surface area contributed by atoms with Gasteiger partial charge in [0.2, 0.25) is 0 Å². The number of fused-ring (bicyclic) bond motifs is 1. The van der Waals surface area contributed by atoms with Crippen molar-refractivity contribution < 1.29 is 9.53 Å². The SMILES string of the molecule is CC(C)(C)OC(=O)NC[C@@H]1C[C@@H]2CCC[C@@H]2N1. The molecule has 0 aromatic carbocycles. The van der Waals surface area contributed by atoms with E-state index in [1.807, 2.05) is 20.8 Å². The number of carbonyl (C=O) groups excluding carboxylic acids is 1.